The smallest absolute Gasteiger partial charge is 0.261 e. The molecule has 0 aliphatic carbocycles. The summed E-state index contributed by atoms with van der Waals surface area (Å²) >= 11 is 6.22. The molecule has 4 rings (SSSR count). The molecule has 2 heterocycles. The molecule has 2 aromatic carbocycles. The average molecular weight is 349 g/mol. The van der Waals surface area contributed by atoms with Gasteiger partial charge in [0.15, 0.2) is 0 Å². The van der Waals surface area contributed by atoms with Crippen molar-refractivity contribution in [2.24, 2.45) is 0 Å². The molecule has 25 heavy (non-hydrogen) atoms. The number of imide groups is 1. The van der Waals surface area contributed by atoms with Gasteiger partial charge in [0, 0.05) is 11.8 Å². The van der Waals surface area contributed by atoms with E-state index in [0.717, 1.165) is 16.7 Å². The van der Waals surface area contributed by atoms with Crippen LogP contribution in [0.25, 0.3) is 11.1 Å². The van der Waals surface area contributed by atoms with Gasteiger partial charge < -0.3 is 0 Å². The first kappa shape index (κ1) is 15.5. The number of pyridine rings is 1. The van der Waals surface area contributed by atoms with Crippen molar-refractivity contribution in [3.63, 3.8) is 0 Å². The number of halogens is 1. The van der Waals surface area contributed by atoms with E-state index in [1.165, 1.54) is 4.90 Å². The summed E-state index contributed by atoms with van der Waals surface area (Å²) in [6.07, 6.45) is 1.60. The van der Waals surface area contributed by atoms with Crippen LogP contribution in [-0.2, 0) is 6.54 Å². The Morgan fingerprint density at radius 1 is 0.840 bits per heavy atom. The maximum atomic E-state index is 12.5. The largest absolute Gasteiger partial charge is 0.270 e. The third-order valence-electron chi connectivity index (χ3n) is 4.20. The Morgan fingerprint density at radius 2 is 1.44 bits per heavy atom. The molecule has 122 valence electrons. The number of hydrogen-bond acceptors (Lipinski definition) is 3. The first-order valence-electron chi connectivity index (χ1n) is 7.80. The molecule has 0 saturated heterocycles. The fraction of sp³-hybridized carbons (Fsp3) is 0.0500. The molecule has 0 N–H and O–H groups in total. The highest BCUT2D eigenvalue weighted by molar-refractivity contribution is 6.32. The number of carbonyl (C=O) groups is 2. The summed E-state index contributed by atoms with van der Waals surface area (Å²) in [7, 11) is 0. The van der Waals surface area contributed by atoms with Crippen LogP contribution in [-0.4, -0.2) is 21.7 Å². The highest BCUT2D eigenvalue weighted by atomic mass is 35.5. The zero-order valence-electron chi connectivity index (χ0n) is 13.1. The van der Waals surface area contributed by atoms with Gasteiger partial charge in [-0.3, -0.25) is 14.5 Å². The van der Waals surface area contributed by atoms with Crippen LogP contribution in [0.15, 0.2) is 66.9 Å². The molecule has 1 aliphatic heterocycles. The van der Waals surface area contributed by atoms with Crippen LogP contribution in [0.5, 0.6) is 0 Å². The first-order chi connectivity index (χ1) is 12.1. The second-order valence-electron chi connectivity index (χ2n) is 5.79. The quantitative estimate of drug-likeness (QED) is 0.526. The van der Waals surface area contributed by atoms with Crippen molar-refractivity contribution in [2.45, 2.75) is 6.54 Å². The van der Waals surface area contributed by atoms with Crippen LogP contribution in [0.2, 0.25) is 5.15 Å². The van der Waals surface area contributed by atoms with Gasteiger partial charge in [0.1, 0.15) is 5.15 Å². The van der Waals surface area contributed by atoms with E-state index in [2.05, 4.69) is 4.98 Å². The summed E-state index contributed by atoms with van der Waals surface area (Å²) in [4.78, 5) is 30.4. The molecule has 0 saturated carbocycles. The molecular weight excluding hydrogens is 336 g/mol. The molecule has 3 aromatic rings. The lowest BCUT2D eigenvalue weighted by molar-refractivity contribution is 0.0642. The molecule has 0 spiro atoms. The van der Waals surface area contributed by atoms with Gasteiger partial charge in [0.25, 0.3) is 11.8 Å². The normalized spacial score (nSPS) is 13.2. The fourth-order valence-corrected chi connectivity index (χ4v) is 3.18. The number of hydrogen-bond donors (Lipinski definition) is 0. The summed E-state index contributed by atoms with van der Waals surface area (Å²) in [6.45, 7) is 0.163. The highest BCUT2D eigenvalue weighted by Gasteiger charge is 2.35. The van der Waals surface area contributed by atoms with Gasteiger partial charge in [0.2, 0.25) is 0 Å². The van der Waals surface area contributed by atoms with Crippen LogP contribution in [0.3, 0.4) is 0 Å². The van der Waals surface area contributed by atoms with E-state index in [-0.39, 0.29) is 18.4 Å². The summed E-state index contributed by atoms with van der Waals surface area (Å²) in [5.74, 6) is -0.561. The number of rotatable bonds is 3. The number of amides is 2. The van der Waals surface area contributed by atoms with Gasteiger partial charge >= 0.3 is 0 Å². The SMILES string of the molecule is O=C1c2ccccc2C(=O)N1Cc1cnc(Cl)c(-c2ccccc2)c1. The maximum absolute atomic E-state index is 12.5. The van der Waals surface area contributed by atoms with E-state index in [1.54, 1.807) is 30.5 Å². The van der Waals surface area contributed by atoms with Crippen molar-refractivity contribution in [1.82, 2.24) is 9.88 Å². The molecule has 0 atom stereocenters. The molecule has 0 radical (unpaired) electrons. The monoisotopic (exact) mass is 348 g/mol. The lowest BCUT2D eigenvalue weighted by Gasteiger charge is -2.15. The minimum atomic E-state index is -0.281. The van der Waals surface area contributed by atoms with Gasteiger partial charge in [-0.25, -0.2) is 4.98 Å². The Hall–Kier alpha value is -2.98. The summed E-state index contributed by atoms with van der Waals surface area (Å²) < 4.78 is 0. The van der Waals surface area contributed by atoms with Crippen molar-refractivity contribution in [1.29, 1.82) is 0 Å². The number of nitrogens with zero attached hydrogens (tertiary/aromatic N) is 2. The molecule has 0 unspecified atom stereocenters. The average Bonchev–Trinajstić information content (AvgIpc) is 2.89. The van der Waals surface area contributed by atoms with Gasteiger partial charge in [-0.05, 0) is 29.3 Å². The third kappa shape index (κ3) is 2.71. The summed E-state index contributed by atoms with van der Waals surface area (Å²) in [5.41, 5.74) is 3.34. The fourth-order valence-electron chi connectivity index (χ4n) is 2.96. The van der Waals surface area contributed by atoms with Crippen molar-refractivity contribution < 1.29 is 9.59 Å². The molecule has 0 fully saturated rings. The Labute approximate surface area is 149 Å². The van der Waals surface area contributed by atoms with Crippen LogP contribution in [0.4, 0.5) is 0 Å². The molecule has 1 aliphatic rings. The van der Waals surface area contributed by atoms with Gasteiger partial charge in [0.05, 0.1) is 17.7 Å². The number of aromatic nitrogens is 1. The minimum Gasteiger partial charge on any atom is -0.270 e. The number of benzene rings is 2. The molecular formula is C20H13ClN2O2. The van der Waals surface area contributed by atoms with E-state index >= 15 is 0 Å². The van der Waals surface area contributed by atoms with E-state index in [1.807, 2.05) is 36.4 Å². The predicted octanol–water partition coefficient (Wildman–Crippen LogP) is 4.20. The standard InChI is InChI=1S/C20H13ClN2O2/c21-18-17(14-6-2-1-3-7-14)10-13(11-22-18)12-23-19(24)15-8-4-5-9-16(15)20(23)25/h1-11H,12H2. The zero-order chi connectivity index (χ0) is 17.4. The first-order valence-corrected chi connectivity index (χ1v) is 8.18. The molecule has 4 nitrogen and oxygen atoms in total. The maximum Gasteiger partial charge on any atom is 0.261 e. The second-order valence-corrected chi connectivity index (χ2v) is 6.15. The number of fused-ring (bicyclic) bond motifs is 1. The van der Waals surface area contributed by atoms with Crippen LogP contribution in [0, 0.1) is 0 Å². The van der Waals surface area contributed by atoms with Crippen LogP contribution < -0.4 is 0 Å². The van der Waals surface area contributed by atoms with Gasteiger partial charge in [-0.1, -0.05) is 54.1 Å². The highest BCUT2D eigenvalue weighted by Crippen LogP contribution is 2.29. The van der Waals surface area contributed by atoms with Crippen molar-refractivity contribution in [2.75, 3.05) is 0 Å². The Kier molecular flexibility index (Phi) is 3.82. The van der Waals surface area contributed by atoms with Gasteiger partial charge in [-0.15, -0.1) is 0 Å². The van der Waals surface area contributed by atoms with E-state index in [4.69, 9.17) is 11.6 Å². The molecule has 0 bridgehead atoms. The molecule has 5 heteroatoms. The topological polar surface area (TPSA) is 50.3 Å². The molecule has 2 amide bonds. The van der Waals surface area contributed by atoms with Crippen LogP contribution >= 0.6 is 11.6 Å². The second kappa shape index (κ2) is 6.15. The lowest BCUT2D eigenvalue weighted by Crippen LogP contribution is -2.29. The lowest BCUT2D eigenvalue weighted by atomic mass is 10.1. The van der Waals surface area contributed by atoms with E-state index in [0.29, 0.717) is 16.3 Å². The number of carbonyl (C=O) groups excluding carboxylic acids is 2. The van der Waals surface area contributed by atoms with E-state index < -0.39 is 0 Å². The van der Waals surface area contributed by atoms with Gasteiger partial charge in [-0.2, -0.15) is 0 Å². The third-order valence-corrected chi connectivity index (χ3v) is 4.50. The van der Waals surface area contributed by atoms with Crippen LogP contribution in [0.1, 0.15) is 26.3 Å². The summed E-state index contributed by atoms with van der Waals surface area (Å²) in [5, 5.41) is 0.386. The van der Waals surface area contributed by atoms with Crippen molar-refractivity contribution in [3.8, 4) is 11.1 Å². The van der Waals surface area contributed by atoms with Crippen molar-refractivity contribution in [3.05, 3.63) is 88.7 Å². The summed E-state index contributed by atoms with van der Waals surface area (Å²) in [6, 6.07) is 18.4. The predicted molar refractivity (Wildman–Crippen MR) is 95.3 cm³/mol. The van der Waals surface area contributed by atoms with Crippen molar-refractivity contribution >= 4 is 23.4 Å². The zero-order valence-corrected chi connectivity index (χ0v) is 13.9. The Bertz CT molecular complexity index is 951. The molecule has 1 aromatic heterocycles. The minimum absolute atomic E-state index is 0.163. The Morgan fingerprint density at radius 3 is 2.08 bits per heavy atom. The Balaban J connectivity index is 1.67. The van der Waals surface area contributed by atoms with E-state index in [9.17, 15) is 9.59 Å².